The molecule has 3 N–H and O–H groups in total. The number of anilines is 2. The van der Waals surface area contributed by atoms with Crippen LogP contribution in [0.4, 0.5) is 24.5 Å². The Morgan fingerprint density at radius 3 is 2.22 bits per heavy atom. The van der Waals surface area contributed by atoms with E-state index in [1.165, 1.54) is 0 Å². The summed E-state index contributed by atoms with van der Waals surface area (Å²) in [5.41, 5.74) is 1.53. The molecule has 0 aliphatic heterocycles. The van der Waals surface area contributed by atoms with E-state index in [2.05, 4.69) is 15.4 Å². The number of rotatable bonds is 7. The number of alkyl halides is 3. The topological polar surface area (TPSA) is 70.6 Å². The first kappa shape index (κ1) is 21.1. The largest absolute Gasteiger partial charge is 0.573 e. The van der Waals surface area contributed by atoms with E-state index in [-0.39, 0.29) is 41.2 Å². The van der Waals surface area contributed by atoms with E-state index in [0.717, 1.165) is 17.7 Å². The Balaban J connectivity index is 2.07. The molecule has 10 heteroatoms. The standard InChI is InChI=1S/C17H15Cl2F3N2O3/c18-13-8-12(27-17(20,21)22)9-14(19)16(13)24-11-3-1-10(2-4-11)7-15(26)23-5-6-25/h1-4,8-9,24-25H,5-7H2,(H,23,26). The molecule has 0 aliphatic carbocycles. The van der Waals surface area contributed by atoms with Crippen molar-refractivity contribution in [2.75, 3.05) is 18.5 Å². The van der Waals surface area contributed by atoms with Gasteiger partial charge in [0, 0.05) is 24.4 Å². The maximum Gasteiger partial charge on any atom is 0.573 e. The van der Waals surface area contributed by atoms with Gasteiger partial charge in [-0.25, -0.2) is 0 Å². The number of ether oxygens (including phenoxy) is 1. The molecule has 2 aromatic carbocycles. The molecule has 27 heavy (non-hydrogen) atoms. The normalized spacial score (nSPS) is 11.2. The van der Waals surface area contributed by atoms with Crippen LogP contribution in [-0.4, -0.2) is 30.5 Å². The minimum atomic E-state index is -4.85. The van der Waals surface area contributed by atoms with Crippen LogP contribution in [0, 0.1) is 0 Å². The maximum atomic E-state index is 12.3. The second kappa shape index (κ2) is 9.16. The predicted molar refractivity (Wildman–Crippen MR) is 96.7 cm³/mol. The number of hydrogen-bond donors (Lipinski definition) is 3. The molecule has 2 aromatic rings. The van der Waals surface area contributed by atoms with Crippen molar-refractivity contribution in [2.45, 2.75) is 12.8 Å². The third-order valence-corrected chi connectivity index (χ3v) is 3.87. The first-order chi connectivity index (χ1) is 12.7. The van der Waals surface area contributed by atoms with Crippen molar-refractivity contribution in [1.82, 2.24) is 5.32 Å². The molecule has 0 atom stereocenters. The van der Waals surface area contributed by atoms with Crippen molar-refractivity contribution in [1.29, 1.82) is 0 Å². The Labute approximate surface area is 163 Å². The molecule has 1 amide bonds. The molecular formula is C17H15Cl2F3N2O3. The molecule has 0 heterocycles. The van der Waals surface area contributed by atoms with Gasteiger partial charge in [0.1, 0.15) is 5.75 Å². The number of halogens is 5. The lowest BCUT2D eigenvalue weighted by Crippen LogP contribution is -2.27. The molecule has 0 unspecified atom stereocenters. The fourth-order valence-corrected chi connectivity index (χ4v) is 2.72. The highest BCUT2D eigenvalue weighted by atomic mass is 35.5. The number of nitrogens with one attached hydrogen (secondary N) is 2. The van der Waals surface area contributed by atoms with Crippen LogP contribution in [0.15, 0.2) is 36.4 Å². The second-order valence-corrected chi connectivity index (χ2v) is 6.20. The van der Waals surface area contributed by atoms with Crippen LogP contribution in [-0.2, 0) is 11.2 Å². The molecule has 0 radical (unpaired) electrons. The Hall–Kier alpha value is -2.16. The summed E-state index contributed by atoms with van der Waals surface area (Å²) >= 11 is 12.0. The number of benzene rings is 2. The fraction of sp³-hybridized carbons (Fsp3) is 0.235. The molecule has 0 bridgehead atoms. The molecule has 0 fully saturated rings. The van der Waals surface area contributed by atoms with Gasteiger partial charge in [0.15, 0.2) is 0 Å². The molecule has 2 rings (SSSR count). The molecule has 0 saturated carbocycles. The zero-order valence-electron chi connectivity index (χ0n) is 13.7. The highest BCUT2D eigenvalue weighted by molar-refractivity contribution is 6.39. The average molecular weight is 423 g/mol. The lowest BCUT2D eigenvalue weighted by molar-refractivity contribution is -0.274. The van der Waals surface area contributed by atoms with E-state index >= 15 is 0 Å². The third-order valence-electron chi connectivity index (χ3n) is 3.27. The summed E-state index contributed by atoms with van der Waals surface area (Å²) in [4.78, 5) is 11.6. The van der Waals surface area contributed by atoms with Gasteiger partial charge in [-0.3, -0.25) is 4.79 Å². The van der Waals surface area contributed by atoms with Crippen LogP contribution in [0.25, 0.3) is 0 Å². The highest BCUT2D eigenvalue weighted by Gasteiger charge is 2.31. The average Bonchev–Trinajstić information content (AvgIpc) is 2.56. The minimum absolute atomic E-state index is 0.0470. The zero-order valence-corrected chi connectivity index (χ0v) is 15.3. The number of aliphatic hydroxyl groups is 1. The Kier molecular flexibility index (Phi) is 7.18. The maximum absolute atomic E-state index is 12.3. The van der Waals surface area contributed by atoms with Crippen LogP contribution < -0.4 is 15.4 Å². The monoisotopic (exact) mass is 422 g/mol. The van der Waals surface area contributed by atoms with Gasteiger partial charge in [0.2, 0.25) is 5.91 Å². The van der Waals surface area contributed by atoms with Crippen molar-refractivity contribution >= 4 is 40.5 Å². The second-order valence-electron chi connectivity index (χ2n) is 5.38. The Morgan fingerprint density at radius 1 is 1.11 bits per heavy atom. The molecule has 0 saturated heterocycles. The molecule has 0 spiro atoms. The fourth-order valence-electron chi connectivity index (χ4n) is 2.16. The van der Waals surface area contributed by atoms with Crippen LogP contribution >= 0.6 is 23.2 Å². The van der Waals surface area contributed by atoms with E-state index in [9.17, 15) is 18.0 Å². The van der Waals surface area contributed by atoms with Crippen LogP contribution in [0.1, 0.15) is 5.56 Å². The zero-order chi connectivity index (χ0) is 20.0. The van der Waals surface area contributed by atoms with Crippen molar-refractivity contribution in [3.8, 4) is 5.75 Å². The number of amides is 1. The minimum Gasteiger partial charge on any atom is -0.406 e. The van der Waals surface area contributed by atoms with Gasteiger partial charge in [-0.1, -0.05) is 35.3 Å². The van der Waals surface area contributed by atoms with E-state index < -0.39 is 12.1 Å². The van der Waals surface area contributed by atoms with Gasteiger partial charge < -0.3 is 20.5 Å². The van der Waals surface area contributed by atoms with Gasteiger partial charge >= 0.3 is 6.36 Å². The first-order valence-electron chi connectivity index (χ1n) is 7.66. The van der Waals surface area contributed by atoms with E-state index in [4.69, 9.17) is 28.3 Å². The van der Waals surface area contributed by atoms with Crippen molar-refractivity contribution in [2.24, 2.45) is 0 Å². The number of aliphatic hydroxyl groups excluding tert-OH is 1. The van der Waals surface area contributed by atoms with Gasteiger partial charge in [-0.2, -0.15) is 0 Å². The quantitative estimate of drug-likeness (QED) is 0.622. The van der Waals surface area contributed by atoms with E-state index in [1.807, 2.05) is 0 Å². The van der Waals surface area contributed by atoms with E-state index in [1.54, 1.807) is 24.3 Å². The first-order valence-corrected chi connectivity index (χ1v) is 8.42. The number of carbonyl (C=O) groups excluding carboxylic acids is 1. The summed E-state index contributed by atoms with van der Waals surface area (Å²) in [5.74, 6) is -0.747. The van der Waals surface area contributed by atoms with Gasteiger partial charge in [0.05, 0.1) is 28.8 Å². The predicted octanol–water partition coefficient (Wildman–Crippen LogP) is 4.29. The third kappa shape index (κ3) is 6.82. The van der Waals surface area contributed by atoms with Crippen molar-refractivity contribution in [3.63, 3.8) is 0 Å². The number of carbonyl (C=O) groups is 1. The Morgan fingerprint density at radius 2 is 1.70 bits per heavy atom. The SMILES string of the molecule is O=C(Cc1ccc(Nc2c(Cl)cc(OC(F)(F)F)cc2Cl)cc1)NCCO. The smallest absolute Gasteiger partial charge is 0.406 e. The van der Waals surface area contributed by atoms with Crippen molar-refractivity contribution < 1.29 is 27.8 Å². The van der Waals surface area contributed by atoms with Crippen LogP contribution in [0.2, 0.25) is 10.0 Å². The lowest BCUT2D eigenvalue weighted by Gasteiger charge is -2.14. The summed E-state index contributed by atoms with van der Waals surface area (Å²) in [5, 5.41) is 14.0. The van der Waals surface area contributed by atoms with Gasteiger partial charge in [-0.15, -0.1) is 13.2 Å². The lowest BCUT2D eigenvalue weighted by atomic mass is 10.1. The molecule has 5 nitrogen and oxygen atoms in total. The van der Waals surface area contributed by atoms with Gasteiger partial charge in [-0.05, 0) is 17.7 Å². The van der Waals surface area contributed by atoms with Crippen molar-refractivity contribution in [3.05, 3.63) is 52.0 Å². The molecule has 0 aliphatic rings. The number of hydrogen-bond acceptors (Lipinski definition) is 4. The summed E-state index contributed by atoms with van der Waals surface area (Å²) in [6.45, 7) is 0.0481. The molecule has 146 valence electrons. The van der Waals surface area contributed by atoms with Crippen LogP contribution in [0.3, 0.4) is 0 Å². The highest BCUT2D eigenvalue weighted by Crippen LogP contribution is 2.38. The Bertz CT molecular complexity index is 776. The van der Waals surface area contributed by atoms with Gasteiger partial charge in [0.25, 0.3) is 0 Å². The summed E-state index contributed by atoms with van der Waals surface area (Å²) in [7, 11) is 0. The summed E-state index contributed by atoms with van der Waals surface area (Å²) < 4.78 is 40.7. The summed E-state index contributed by atoms with van der Waals surface area (Å²) in [6.07, 6.45) is -4.70. The molecular weight excluding hydrogens is 408 g/mol. The van der Waals surface area contributed by atoms with E-state index in [0.29, 0.717) is 5.69 Å². The van der Waals surface area contributed by atoms with Crippen LogP contribution in [0.5, 0.6) is 5.75 Å². The summed E-state index contributed by atoms with van der Waals surface area (Å²) in [6, 6.07) is 8.74. The molecule has 0 aromatic heterocycles.